The molecule has 21 heavy (non-hydrogen) atoms. The lowest BCUT2D eigenvalue weighted by molar-refractivity contribution is -0.131. The zero-order chi connectivity index (χ0) is 15.2. The zero-order valence-electron chi connectivity index (χ0n) is 11.3. The highest BCUT2D eigenvalue weighted by molar-refractivity contribution is 5.85. The molecule has 1 atom stereocenters. The van der Waals surface area contributed by atoms with Crippen molar-refractivity contribution in [1.29, 1.82) is 5.26 Å². The van der Waals surface area contributed by atoms with Crippen LogP contribution in [0, 0.1) is 17.1 Å². The van der Waals surface area contributed by atoms with E-state index >= 15 is 0 Å². The summed E-state index contributed by atoms with van der Waals surface area (Å²) >= 11 is 0. The standard InChI is InChI=1S/C15H15FN2O3/c16-13-6-11(1-2-15(19)20)5-12(7-13)9-18-3-4-21-14(8-17)10-18/h1-2,5-7,14H,3-4,9-10H2,(H,19,20). The minimum absolute atomic E-state index is 0.414. The van der Waals surface area contributed by atoms with E-state index in [9.17, 15) is 9.18 Å². The van der Waals surface area contributed by atoms with E-state index in [0.29, 0.717) is 31.8 Å². The Bertz CT molecular complexity index is 595. The molecule has 1 N–H and O–H groups in total. The van der Waals surface area contributed by atoms with Gasteiger partial charge in [-0.05, 0) is 29.3 Å². The van der Waals surface area contributed by atoms with E-state index in [1.165, 1.54) is 18.2 Å². The summed E-state index contributed by atoms with van der Waals surface area (Å²) in [5, 5.41) is 17.5. The maximum absolute atomic E-state index is 13.6. The van der Waals surface area contributed by atoms with Crippen LogP contribution in [0.25, 0.3) is 6.08 Å². The summed E-state index contributed by atoms with van der Waals surface area (Å²) in [4.78, 5) is 12.5. The SMILES string of the molecule is N#CC1CN(Cc2cc(F)cc(C=CC(=O)O)c2)CCO1. The van der Waals surface area contributed by atoms with Gasteiger partial charge in [-0.3, -0.25) is 4.90 Å². The molecule has 110 valence electrons. The maximum Gasteiger partial charge on any atom is 0.328 e. The van der Waals surface area contributed by atoms with Crippen LogP contribution in [0.3, 0.4) is 0 Å². The van der Waals surface area contributed by atoms with Crippen molar-refractivity contribution < 1.29 is 19.0 Å². The van der Waals surface area contributed by atoms with Crippen LogP contribution in [-0.4, -0.2) is 41.8 Å². The Morgan fingerprint density at radius 2 is 2.38 bits per heavy atom. The fraction of sp³-hybridized carbons (Fsp3) is 0.333. The van der Waals surface area contributed by atoms with Gasteiger partial charge in [0.25, 0.3) is 0 Å². The van der Waals surface area contributed by atoms with Gasteiger partial charge in [-0.1, -0.05) is 6.07 Å². The van der Waals surface area contributed by atoms with Crippen LogP contribution in [0.4, 0.5) is 4.39 Å². The number of hydrogen-bond acceptors (Lipinski definition) is 4. The normalized spacial score (nSPS) is 19.5. The van der Waals surface area contributed by atoms with Gasteiger partial charge in [-0.2, -0.15) is 5.26 Å². The summed E-state index contributed by atoms with van der Waals surface area (Å²) in [5.74, 6) is -1.49. The predicted molar refractivity (Wildman–Crippen MR) is 73.7 cm³/mol. The second-order valence-corrected chi connectivity index (χ2v) is 4.79. The van der Waals surface area contributed by atoms with Gasteiger partial charge in [0.05, 0.1) is 12.7 Å². The minimum atomic E-state index is -1.08. The Balaban J connectivity index is 2.09. The third-order valence-corrected chi connectivity index (χ3v) is 3.10. The Kier molecular flexibility index (Phi) is 5.04. The summed E-state index contributed by atoms with van der Waals surface area (Å²) in [6.07, 6.45) is 1.87. The molecule has 1 aromatic rings. The van der Waals surface area contributed by atoms with Gasteiger partial charge >= 0.3 is 5.97 Å². The molecule has 1 saturated heterocycles. The first-order valence-corrected chi connectivity index (χ1v) is 6.51. The molecule has 0 aliphatic carbocycles. The van der Waals surface area contributed by atoms with Crippen molar-refractivity contribution in [2.75, 3.05) is 19.7 Å². The second kappa shape index (κ2) is 6.97. The molecule has 6 heteroatoms. The Hall–Kier alpha value is -2.23. The monoisotopic (exact) mass is 290 g/mol. The first kappa shape index (κ1) is 15.2. The molecule has 2 rings (SSSR count). The van der Waals surface area contributed by atoms with Crippen LogP contribution in [0.15, 0.2) is 24.3 Å². The number of carbonyl (C=O) groups is 1. The van der Waals surface area contributed by atoms with Crippen LogP contribution in [0.2, 0.25) is 0 Å². The summed E-state index contributed by atoms with van der Waals surface area (Å²) in [7, 11) is 0. The summed E-state index contributed by atoms with van der Waals surface area (Å²) in [6.45, 7) is 2.12. The average molecular weight is 290 g/mol. The number of aliphatic carboxylic acids is 1. The smallest absolute Gasteiger partial charge is 0.328 e. The number of ether oxygens (including phenoxy) is 1. The van der Waals surface area contributed by atoms with E-state index < -0.39 is 17.9 Å². The molecule has 0 aromatic heterocycles. The molecule has 1 heterocycles. The molecular weight excluding hydrogens is 275 g/mol. The Labute approximate surface area is 121 Å². The van der Waals surface area contributed by atoms with Gasteiger partial charge in [-0.15, -0.1) is 0 Å². The lowest BCUT2D eigenvalue weighted by Gasteiger charge is -2.29. The number of nitriles is 1. The van der Waals surface area contributed by atoms with Crippen LogP contribution in [-0.2, 0) is 16.1 Å². The Morgan fingerprint density at radius 3 is 3.10 bits per heavy atom. The molecular formula is C15H15FN2O3. The lowest BCUT2D eigenvalue weighted by Crippen LogP contribution is -2.41. The van der Waals surface area contributed by atoms with Crippen molar-refractivity contribution in [2.45, 2.75) is 12.6 Å². The average Bonchev–Trinajstić information content (AvgIpc) is 2.45. The molecule has 1 aliphatic heterocycles. The van der Waals surface area contributed by atoms with Crippen molar-refractivity contribution in [1.82, 2.24) is 4.90 Å². The molecule has 0 amide bonds. The molecule has 1 unspecified atom stereocenters. The van der Waals surface area contributed by atoms with E-state index in [4.69, 9.17) is 15.1 Å². The molecule has 5 nitrogen and oxygen atoms in total. The summed E-state index contributed by atoms with van der Waals surface area (Å²) in [5.41, 5.74) is 1.23. The van der Waals surface area contributed by atoms with E-state index in [1.54, 1.807) is 6.07 Å². The lowest BCUT2D eigenvalue weighted by atomic mass is 10.1. The van der Waals surface area contributed by atoms with E-state index in [0.717, 1.165) is 11.6 Å². The van der Waals surface area contributed by atoms with Crippen molar-refractivity contribution >= 4 is 12.0 Å². The van der Waals surface area contributed by atoms with Crippen molar-refractivity contribution in [3.63, 3.8) is 0 Å². The number of halogens is 1. The number of benzene rings is 1. The number of carboxylic acids is 1. The highest BCUT2D eigenvalue weighted by Gasteiger charge is 2.20. The second-order valence-electron chi connectivity index (χ2n) is 4.79. The molecule has 0 bridgehead atoms. The molecule has 1 aliphatic rings. The van der Waals surface area contributed by atoms with Crippen molar-refractivity contribution in [3.05, 3.63) is 41.2 Å². The van der Waals surface area contributed by atoms with Gasteiger partial charge in [-0.25, -0.2) is 9.18 Å². The molecule has 0 spiro atoms. The zero-order valence-corrected chi connectivity index (χ0v) is 11.3. The number of carboxylic acid groups (broad SMARTS) is 1. The van der Waals surface area contributed by atoms with Crippen molar-refractivity contribution in [2.24, 2.45) is 0 Å². The highest BCUT2D eigenvalue weighted by atomic mass is 19.1. The van der Waals surface area contributed by atoms with Crippen LogP contribution in [0.1, 0.15) is 11.1 Å². The van der Waals surface area contributed by atoms with Gasteiger partial charge in [0.1, 0.15) is 5.82 Å². The van der Waals surface area contributed by atoms with Gasteiger partial charge in [0.2, 0.25) is 0 Å². The first-order valence-electron chi connectivity index (χ1n) is 6.51. The quantitative estimate of drug-likeness (QED) is 0.853. The molecule has 1 aromatic carbocycles. The van der Waals surface area contributed by atoms with Gasteiger partial charge in [0.15, 0.2) is 6.10 Å². The summed E-state index contributed by atoms with van der Waals surface area (Å²) < 4.78 is 18.8. The number of rotatable bonds is 4. The van der Waals surface area contributed by atoms with E-state index in [1.807, 2.05) is 4.90 Å². The van der Waals surface area contributed by atoms with E-state index in [-0.39, 0.29) is 0 Å². The first-order chi connectivity index (χ1) is 10.1. The largest absolute Gasteiger partial charge is 0.478 e. The molecule has 1 fully saturated rings. The highest BCUT2D eigenvalue weighted by Crippen LogP contribution is 2.15. The Morgan fingerprint density at radius 1 is 1.57 bits per heavy atom. The van der Waals surface area contributed by atoms with Crippen LogP contribution in [0.5, 0.6) is 0 Å². The van der Waals surface area contributed by atoms with Crippen molar-refractivity contribution in [3.8, 4) is 6.07 Å². The third kappa shape index (κ3) is 4.67. The summed E-state index contributed by atoms with van der Waals surface area (Å²) in [6, 6.07) is 6.49. The minimum Gasteiger partial charge on any atom is -0.478 e. The number of nitrogens with zero attached hydrogens (tertiary/aromatic N) is 2. The van der Waals surface area contributed by atoms with Gasteiger partial charge < -0.3 is 9.84 Å². The topological polar surface area (TPSA) is 73.6 Å². The number of hydrogen-bond donors (Lipinski definition) is 1. The molecule has 0 radical (unpaired) electrons. The third-order valence-electron chi connectivity index (χ3n) is 3.10. The van der Waals surface area contributed by atoms with Gasteiger partial charge in [0, 0.05) is 25.7 Å². The maximum atomic E-state index is 13.6. The van der Waals surface area contributed by atoms with Crippen LogP contribution < -0.4 is 0 Å². The number of morpholine rings is 1. The fourth-order valence-corrected chi connectivity index (χ4v) is 2.21. The molecule has 0 saturated carbocycles. The predicted octanol–water partition coefficient (Wildman–Crippen LogP) is 1.65. The van der Waals surface area contributed by atoms with E-state index in [2.05, 4.69) is 6.07 Å². The van der Waals surface area contributed by atoms with Crippen LogP contribution >= 0.6 is 0 Å². The fourth-order valence-electron chi connectivity index (χ4n) is 2.21.